The quantitative estimate of drug-likeness (QED) is 0.831. The second-order valence-electron chi connectivity index (χ2n) is 4.43. The summed E-state index contributed by atoms with van der Waals surface area (Å²) in [6.45, 7) is 0.349. The summed E-state index contributed by atoms with van der Waals surface area (Å²) in [4.78, 5) is -0.486. The Morgan fingerprint density at radius 2 is 2.00 bits per heavy atom. The van der Waals surface area contributed by atoms with Crippen LogP contribution in [0.25, 0.3) is 0 Å². The van der Waals surface area contributed by atoms with Gasteiger partial charge in [-0.3, -0.25) is 4.72 Å². The molecule has 0 spiro atoms. The first-order valence-corrected chi connectivity index (χ1v) is 7.56. The molecule has 2 rings (SSSR count). The van der Waals surface area contributed by atoms with Gasteiger partial charge in [0.2, 0.25) is 0 Å². The fourth-order valence-electron chi connectivity index (χ4n) is 1.83. The minimum atomic E-state index is -4.04. The van der Waals surface area contributed by atoms with E-state index in [2.05, 4.69) is 4.72 Å². The molecule has 0 aliphatic carbocycles. The zero-order valence-corrected chi connectivity index (χ0v) is 12.2. The van der Waals surface area contributed by atoms with E-state index in [4.69, 9.17) is 10.5 Å². The number of nitrogens with two attached hydrogens (primary N) is 1. The highest BCUT2D eigenvalue weighted by Crippen LogP contribution is 2.21. The number of ether oxygens (including phenoxy) is 1. The Morgan fingerprint density at radius 1 is 1.24 bits per heavy atom. The fourth-order valence-corrected chi connectivity index (χ4v) is 2.99. The number of benzene rings is 2. The molecule has 0 aliphatic heterocycles. The molecule has 0 saturated heterocycles. The van der Waals surface area contributed by atoms with E-state index < -0.39 is 20.7 Å². The van der Waals surface area contributed by atoms with Gasteiger partial charge in [0.25, 0.3) is 10.0 Å². The zero-order valence-electron chi connectivity index (χ0n) is 11.3. The molecule has 0 saturated carbocycles. The number of hydrogen-bond acceptors (Lipinski definition) is 4. The molecule has 21 heavy (non-hydrogen) atoms. The largest absolute Gasteiger partial charge is 0.399 e. The molecular weight excluding hydrogens is 295 g/mol. The van der Waals surface area contributed by atoms with E-state index in [1.165, 1.54) is 6.07 Å². The number of nitrogens with one attached hydrogen (secondary N) is 1. The Morgan fingerprint density at radius 3 is 2.71 bits per heavy atom. The topological polar surface area (TPSA) is 81.4 Å². The van der Waals surface area contributed by atoms with Gasteiger partial charge in [-0.25, -0.2) is 12.8 Å². The van der Waals surface area contributed by atoms with Crippen molar-refractivity contribution in [1.29, 1.82) is 0 Å². The van der Waals surface area contributed by atoms with E-state index in [0.29, 0.717) is 12.3 Å². The van der Waals surface area contributed by atoms with Crippen molar-refractivity contribution in [2.45, 2.75) is 11.5 Å². The van der Waals surface area contributed by atoms with Gasteiger partial charge in [-0.1, -0.05) is 12.1 Å². The third-order valence-corrected chi connectivity index (χ3v) is 4.13. The van der Waals surface area contributed by atoms with Crippen LogP contribution in [0, 0.1) is 5.82 Å². The molecule has 0 fully saturated rings. The van der Waals surface area contributed by atoms with E-state index in [0.717, 1.165) is 17.7 Å². The van der Waals surface area contributed by atoms with Crippen LogP contribution in [0.15, 0.2) is 47.4 Å². The Balaban J connectivity index is 2.33. The van der Waals surface area contributed by atoms with Crippen LogP contribution in [0.2, 0.25) is 0 Å². The fraction of sp³-hybridized carbons (Fsp3) is 0.143. The molecule has 112 valence electrons. The SMILES string of the molecule is COCc1cccc(NS(=O)(=O)c2cc(N)ccc2F)c1. The van der Waals surface area contributed by atoms with Gasteiger partial charge in [0.1, 0.15) is 10.7 Å². The summed E-state index contributed by atoms with van der Waals surface area (Å²) in [7, 11) is -2.50. The standard InChI is InChI=1S/C14H15FN2O3S/c1-20-9-10-3-2-4-12(7-10)17-21(18,19)14-8-11(16)5-6-13(14)15/h2-8,17H,9,16H2,1H3. The van der Waals surface area contributed by atoms with Gasteiger partial charge < -0.3 is 10.5 Å². The van der Waals surface area contributed by atoms with Gasteiger partial charge in [-0.2, -0.15) is 0 Å². The van der Waals surface area contributed by atoms with Crippen molar-refractivity contribution < 1.29 is 17.5 Å². The summed E-state index contributed by atoms with van der Waals surface area (Å²) in [5.41, 5.74) is 6.80. The number of methoxy groups -OCH3 is 1. The Kier molecular flexibility index (Phi) is 4.44. The first kappa shape index (κ1) is 15.3. The summed E-state index contributed by atoms with van der Waals surface area (Å²) >= 11 is 0. The van der Waals surface area contributed by atoms with Gasteiger partial charge >= 0.3 is 0 Å². The van der Waals surface area contributed by atoms with Crippen molar-refractivity contribution in [3.8, 4) is 0 Å². The first-order valence-electron chi connectivity index (χ1n) is 6.08. The van der Waals surface area contributed by atoms with E-state index in [-0.39, 0.29) is 5.69 Å². The van der Waals surface area contributed by atoms with Crippen LogP contribution in [-0.4, -0.2) is 15.5 Å². The predicted octanol–water partition coefficient (Wildman–Crippen LogP) is 2.36. The minimum Gasteiger partial charge on any atom is -0.399 e. The third-order valence-electron chi connectivity index (χ3n) is 2.73. The molecule has 0 bridgehead atoms. The molecule has 0 unspecified atom stereocenters. The Hall–Kier alpha value is -2.12. The third kappa shape index (κ3) is 3.71. The smallest absolute Gasteiger partial charge is 0.264 e. The molecule has 7 heteroatoms. The maximum Gasteiger partial charge on any atom is 0.264 e. The Labute approximate surface area is 122 Å². The summed E-state index contributed by atoms with van der Waals surface area (Å²) in [6, 6.07) is 10.1. The highest BCUT2D eigenvalue weighted by atomic mass is 32.2. The van der Waals surface area contributed by atoms with Gasteiger partial charge in [-0.15, -0.1) is 0 Å². The van der Waals surface area contributed by atoms with Crippen LogP contribution in [0.3, 0.4) is 0 Å². The highest BCUT2D eigenvalue weighted by Gasteiger charge is 2.19. The number of anilines is 2. The van der Waals surface area contributed by atoms with E-state index in [1.54, 1.807) is 31.4 Å². The van der Waals surface area contributed by atoms with Crippen molar-refractivity contribution in [1.82, 2.24) is 0 Å². The lowest BCUT2D eigenvalue weighted by Crippen LogP contribution is -2.15. The number of nitrogen functional groups attached to an aromatic ring is 1. The van der Waals surface area contributed by atoms with E-state index in [9.17, 15) is 12.8 Å². The molecule has 2 aromatic rings. The van der Waals surface area contributed by atoms with Crippen LogP contribution in [-0.2, 0) is 21.4 Å². The second-order valence-corrected chi connectivity index (χ2v) is 6.08. The lowest BCUT2D eigenvalue weighted by molar-refractivity contribution is 0.185. The van der Waals surface area contributed by atoms with Gasteiger partial charge in [0.05, 0.1) is 6.61 Å². The molecule has 2 aromatic carbocycles. The van der Waals surface area contributed by atoms with Crippen molar-refractivity contribution in [2.24, 2.45) is 0 Å². The van der Waals surface area contributed by atoms with E-state index >= 15 is 0 Å². The number of halogens is 1. The van der Waals surface area contributed by atoms with Crippen LogP contribution in [0.4, 0.5) is 15.8 Å². The molecule has 0 heterocycles. The summed E-state index contributed by atoms with van der Waals surface area (Å²) in [6.07, 6.45) is 0. The molecule has 0 aliphatic rings. The summed E-state index contributed by atoms with van der Waals surface area (Å²) in [5, 5.41) is 0. The zero-order chi connectivity index (χ0) is 15.5. The lowest BCUT2D eigenvalue weighted by atomic mass is 10.2. The van der Waals surface area contributed by atoms with Crippen LogP contribution < -0.4 is 10.5 Å². The number of rotatable bonds is 5. The van der Waals surface area contributed by atoms with Crippen molar-refractivity contribution in [3.05, 3.63) is 53.8 Å². The summed E-state index contributed by atoms with van der Waals surface area (Å²) in [5.74, 6) is -0.857. The predicted molar refractivity (Wildman–Crippen MR) is 78.8 cm³/mol. The normalized spacial score (nSPS) is 11.3. The van der Waals surface area contributed by atoms with Crippen molar-refractivity contribution in [3.63, 3.8) is 0 Å². The minimum absolute atomic E-state index is 0.171. The Bertz CT molecular complexity index is 748. The second kappa shape index (κ2) is 6.11. The maximum absolute atomic E-state index is 13.7. The molecule has 3 N–H and O–H groups in total. The molecule has 0 aromatic heterocycles. The van der Waals surface area contributed by atoms with Crippen LogP contribution in [0.1, 0.15) is 5.56 Å². The van der Waals surface area contributed by atoms with Gasteiger partial charge in [0.15, 0.2) is 0 Å². The highest BCUT2D eigenvalue weighted by molar-refractivity contribution is 7.92. The monoisotopic (exact) mass is 310 g/mol. The molecular formula is C14H15FN2O3S. The average molecular weight is 310 g/mol. The van der Waals surface area contributed by atoms with Gasteiger partial charge in [-0.05, 0) is 35.9 Å². The molecule has 0 atom stereocenters. The molecule has 0 amide bonds. The van der Waals surface area contributed by atoms with Crippen LogP contribution >= 0.6 is 0 Å². The van der Waals surface area contributed by atoms with Gasteiger partial charge in [0, 0.05) is 18.5 Å². The first-order chi connectivity index (χ1) is 9.92. The lowest BCUT2D eigenvalue weighted by Gasteiger charge is -2.10. The van der Waals surface area contributed by atoms with Crippen molar-refractivity contribution in [2.75, 3.05) is 17.6 Å². The average Bonchev–Trinajstić information content (AvgIpc) is 2.42. The maximum atomic E-state index is 13.7. The molecule has 0 radical (unpaired) electrons. The summed E-state index contributed by atoms with van der Waals surface area (Å²) < 4.78 is 45.4. The number of hydrogen-bond donors (Lipinski definition) is 2. The molecule has 5 nitrogen and oxygen atoms in total. The van der Waals surface area contributed by atoms with Crippen molar-refractivity contribution >= 4 is 21.4 Å². The van der Waals surface area contributed by atoms with Crippen LogP contribution in [0.5, 0.6) is 0 Å². The number of sulfonamides is 1. The van der Waals surface area contributed by atoms with E-state index in [1.807, 2.05) is 0 Å².